The van der Waals surface area contributed by atoms with Crippen molar-refractivity contribution in [2.24, 2.45) is 0 Å². The lowest BCUT2D eigenvalue weighted by Gasteiger charge is -2.35. The lowest BCUT2D eigenvalue weighted by molar-refractivity contribution is 0.166. The zero-order valence-electron chi connectivity index (χ0n) is 9.44. The first-order chi connectivity index (χ1) is 7.25. The number of piperidine rings is 1. The number of nitrogens with zero attached hydrogens (tertiary/aromatic N) is 2. The molecular weight excluding hydrogens is 190 g/mol. The van der Waals surface area contributed by atoms with Crippen LogP contribution in [0.3, 0.4) is 0 Å². The average Bonchev–Trinajstić information content (AvgIpc) is 2.73. The smallest absolute Gasteiger partial charge is 0.150 e. The number of nitrogens with one attached hydrogen (secondary N) is 1. The zero-order chi connectivity index (χ0) is 10.7. The minimum Gasteiger partial charge on any atom is -0.360 e. The van der Waals surface area contributed by atoms with E-state index in [1.165, 1.54) is 19.4 Å². The first kappa shape index (κ1) is 10.6. The van der Waals surface area contributed by atoms with Crippen molar-refractivity contribution in [3.63, 3.8) is 0 Å². The first-order valence-electron chi connectivity index (χ1n) is 5.59. The molecule has 1 aliphatic heterocycles. The Labute approximate surface area is 90.6 Å². The van der Waals surface area contributed by atoms with Gasteiger partial charge in [-0.3, -0.25) is 0 Å². The van der Waals surface area contributed by atoms with Crippen molar-refractivity contribution < 1.29 is 4.52 Å². The van der Waals surface area contributed by atoms with Crippen LogP contribution in [0.25, 0.3) is 0 Å². The molecule has 2 atom stereocenters. The van der Waals surface area contributed by atoms with Crippen LogP contribution in [0.1, 0.15) is 25.5 Å². The van der Waals surface area contributed by atoms with Crippen LogP contribution in [0.5, 0.6) is 0 Å². The topological polar surface area (TPSA) is 41.3 Å². The summed E-state index contributed by atoms with van der Waals surface area (Å²) in [5.74, 6) is 0.918. The maximum Gasteiger partial charge on any atom is 0.150 e. The molecule has 4 heteroatoms. The molecule has 1 aromatic rings. The molecule has 4 nitrogen and oxygen atoms in total. The van der Waals surface area contributed by atoms with Crippen LogP contribution in [0.15, 0.2) is 16.8 Å². The molecule has 0 amide bonds. The van der Waals surface area contributed by atoms with Gasteiger partial charge in [0.25, 0.3) is 0 Å². The Balaban J connectivity index is 1.76. The maximum absolute atomic E-state index is 5.05. The van der Waals surface area contributed by atoms with Crippen molar-refractivity contribution in [3.05, 3.63) is 18.0 Å². The van der Waals surface area contributed by atoms with Crippen molar-refractivity contribution in [1.29, 1.82) is 0 Å². The van der Waals surface area contributed by atoms with E-state index in [-0.39, 0.29) is 0 Å². The van der Waals surface area contributed by atoms with Gasteiger partial charge in [-0.15, -0.1) is 0 Å². The average molecular weight is 209 g/mol. The van der Waals surface area contributed by atoms with Crippen molar-refractivity contribution >= 4 is 0 Å². The fourth-order valence-corrected chi connectivity index (χ4v) is 2.05. The highest BCUT2D eigenvalue weighted by atomic mass is 16.5. The second-order valence-corrected chi connectivity index (χ2v) is 4.41. The third-order valence-electron chi connectivity index (χ3n) is 3.26. The van der Waals surface area contributed by atoms with Gasteiger partial charge in [-0.2, -0.15) is 0 Å². The summed E-state index contributed by atoms with van der Waals surface area (Å²) in [6.45, 7) is 4.25. The summed E-state index contributed by atoms with van der Waals surface area (Å²) in [7, 11) is 2.19. The largest absolute Gasteiger partial charge is 0.360 e. The quantitative estimate of drug-likeness (QED) is 0.813. The fraction of sp³-hybridized carbons (Fsp3) is 0.727. The Bertz CT molecular complexity index is 286. The Morgan fingerprint density at radius 1 is 1.67 bits per heavy atom. The maximum atomic E-state index is 5.05. The zero-order valence-corrected chi connectivity index (χ0v) is 9.44. The van der Waals surface area contributed by atoms with E-state index < -0.39 is 0 Å². The van der Waals surface area contributed by atoms with Gasteiger partial charge in [0.15, 0.2) is 0 Å². The summed E-state index contributed by atoms with van der Waals surface area (Å²) >= 11 is 0. The van der Waals surface area contributed by atoms with Gasteiger partial charge in [-0.25, -0.2) is 0 Å². The normalized spacial score (nSPS) is 28.1. The van der Waals surface area contributed by atoms with Crippen LogP contribution >= 0.6 is 0 Å². The molecule has 0 bridgehead atoms. The third-order valence-corrected chi connectivity index (χ3v) is 3.26. The van der Waals surface area contributed by atoms with E-state index in [4.69, 9.17) is 4.52 Å². The molecule has 2 rings (SSSR count). The fourth-order valence-electron chi connectivity index (χ4n) is 2.05. The minimum atomic E-state index is 0.612. The summed E-state index contributed by atoms with van der Waals surface area (Å²) in [6, 6.07) is 3.19. The molecular formula is C11H19N3O. The molecule has 1 aromatic heterocycles. The first-order valence-corrected chi connectivity index (χ1v) is 5.59. The Kier molecular flexibility index (Phi) is 3.38. The van der Waals surface area contributed by atoms with E-state index in [1.807, 2.05) is 6.07 Å². The monoisotopic (exact) mass is 209 g/mol. The molecule has 0 spiro atoms. The van der Waals surface area contributed by atoms with Gasteiger partial charge in [-0.1, -0.05) is 5.16 Å². The van der Waals surface area contributed by atoms with Gasteiger partial charge < -0.3 is 14.7 Å². The number of rotatable bonds is 3. The van der Waals surface area contributed by atoms with E-state index in [9.17, 15) is 0 Å². The van der Waals surface area contributed by atoms with E-state index in [0.717, 1.165) is 12.3 Å². The van der Waals surface area contributed by atoms with Crippen molar-refractivity contribution in [2.75, 3.05) is 13.6 Å². The number of aromatic nitrogens is 1. The predicted molar refractivity (Wildman–Crippen MR) is 58.5 cm³/mol. The lowest BCUT2D eigenvalue weighted by Crippen LogP contribution is -2.45. The molecule has 2 unspecified atom stereocenters. The van der Waals surface area contributed by atoms with E-state index >= 15 is 0 Å². The Morgan fingerprint density at radius 2 is 2.53 bits per heavy atom. The van der Waals surface area contributed by atoms with Crippen LogP contribution < -0.4 is 5.32 Å². The second-order valence-electron chi connectivity index (χ2n) is 4.41. The number of likely N-dealkylation sites (tertiary alicyclic amines) is 1. The molecule has 0 saturated carbocycles. The summed E-state index contributed by atoms with van der Waals surface area (Å²) < 4.78 is 5.05. The molecule has 1 fully saturated rings. The van der Waals surface area contributed by atoms with Crippen molar-refractivity contribution in [3.8, 4) is 0 Å². The van der Waals surface area contributed by atoms with E-state index in [1.54, 1.807) is 6.20 Å². The molecule has 0 radical (unpaired) electrons. The lowest BCUT2D eigenvalue weighted by atomic mass is 9.99. The van der Waals surface area contributed by atoms with Gasteiger partial charge in [-0.05, 0) is 33.4 Å². The standard InChI is InChI=1S/C11H19N3O/c1-9-7-10(4-6-14(9)2)12-8-11-3-5-13-15-11/h3,5,9-10,12H,4,6-8H2,1-2H3. The molecule has 84 valence electrons. The van der Waals surface area contributed by atoms with Gasteiger partial charge in [0.2, 0.25) is 0 Å². The van der Waals surface area contributed by atoms with Gasteiger partial charge >= 0.3 is 0 Å². The van der Waals surface area contributed by atoms with E-state index in [0.29, 0.717) is 12.1 Å². The third kappa shape index (κ3) is 2.79. The Morgan fingerprint density at radius 3 is 3.20 bits per heavy atom. The van der Waals surface area contributed by atoms with Crippen LogP contribution in [-0.2, 0) is 6.54 Å². The molecule has 1 aliphatic rings. The molecule has 1 saturated heterocycles. The second kappa shape index (κ2) is 4.77. The molecule has 0 aromatic carbocycles. The number of hydrogen-bond acceptors (Lipinski definition) is 4. The number of hydrogen-bond donors (Lipinski definition) is 1. The van der Waals surface area contributed by atoms with Crippen LogP contribution in [0.2, 0.25) is 0 Å². The van der Waals surface area contributed by atoms with Crippen molar-refractivity contribution in [2.45, 2.75) is 38.4 Å². The van der Waals surface area contributed by atoms with Crippen molar-refractivity contribution in [1.82, 2.24) is 15.4 Å². The van der Waals surface area contributed by atoms with Crippen LogP contribution in [0.4, 0.5) is 0 Å². The summed E-state index contributed by atoms with van der Waals surface area (Å²) in [6.07, 6.45) is 4.12. The summed E-state index contributed by atoms with van der Waals surface area (Å²) in [4.78, 5) is 2.41. The summed E-state index contributed by atoms with van der Waals surface area (Å²) in [5, 5.41) is 7.20. The van der Waals surface area contributed by atoms with E-state index in [2.05, 4.69) is 29.3 Å². The van der Waals surface area contributed by atoms with Gasteiger partial charge in [0.05, 0.1) is 12.7 Å². The van der Waals surface area contributed by atoms with Crippen LogP contribution in [-0.4, -0.2) is 35.7 Å². The molecule has 0 aliphatic carbocycles. The van der Waals surface area contributed by atoms with Gasteiger partial charge in [0.1, 0.15) is 5.76 Å². The highest BCUT2D eigenvalue weighted by molar-refractivity contribution is 4.93. The predicted octanol–water partition coefficient (Wildman–Crippen LogP) is 1.25. The summed E-state index contributed by atoms with van der Waals surface area (Å²) in [5.41, 5.74) is 0. The SMILES string of the molecule is CC1CC(NCc2ccno2)CCN1C. The van der Waals surface area contributed by atoms with Crippen LogP contribution in [0, 0.1) is 0 Å². The molecule has 15 heavy (non-hydrogen) atoms. The molecule has 2 heterocycles. The van der Waals surface area contributed by atoms with Gasteiger partial charge in [0, 0.05) is 18.2 Å². The Hall–Kier alpha value is -0.870. The minimum absolute atomic E-state index is 0.612. The highest BCUT2D eigenvalue weighted by Gasteiger charge is 2.22. The molecule has 1 N–H and O–H groups in total. The highest BCUT2D eigenvalue weighted by Crippen LogP contribution is 2.15.